The first-order chi connectivity index (χ1) is 21.2. The quantitative estimate of drug-likeness (QED) is 0.431. The fourth-order valence-electron chi connectivity index (χ4n) is 4.85. The number of aryl methyl sites for hydroxylation is 1. The number of benzene rings is 3. The van der Waals surface area contributed by atoms with E-state index in [2.05, 4.69) is 10.6 Å². The maximum atomic E-state index is 13.6. The van der Waals surface area contributed by atoms with Gasteiger partial charge in [0.15, 0.2) is 0 Å². The first-order valence-electron chi connectivity index (χ1n) is 14.8. The summed E-state index contributed by atoms with van der Waals surface area (Å²) >= 11 is 0. The number of amides is 4. The molecule has 2 atom stereocenters. The Hall–Kier alpha value is -4.86. The van der Waals surface area contributed by atoms with Gasteiger partial charge in [0.1, 0.15) is 36.8 Å². The molecule has 10 heteroatoms. The predicted molar refractivity (Wildman–Crippen MR) is 166 cm³/mol. The SMILES string of the molecule is Cc1ccc(OCCN(C)C(=O)[C@@H]2CCC(=O)N[C@H](Cc3ccccc3)C(=O)N(C)CCOc3ccccc3C(=O)N2)cc1. The first-order valence-corrected chi connectivity index (χ1v) is 14.8. The van der Waals surface area contributed by atoms with Gasteiger partial charge < -0.3 is 29.9 Å². The fourth-order valence-corrected chi connectivity index (χ4v) is 4.85. The molecular weight excluding hydrogens is 560 g/mol. The Bertz CT molecular complexity index is 1430. The number of carbonyl (C=O) groups is 4. The van der Waals surface area contributed by atoms with Crippen molar-refractivity contribution in [1.82, 2.24) is 20.4 Å². The molecule has 10 nitrogen and oxygen atoms in total. The molecule has 4 rings (SSSR count). The van der Waals surface area contributed by atoms with Gasteiger partial charge in [-0.3, -0.25) is 19.2 Å². The van der Waals surface area contributed by atoms with Gasteiger partial charge in [-0.15, -0.1) is 0 Å². The van der Waals surface area contributed by atoms with Crippen LogP contribution in [0.25, 0.3) is 0 Å². The van der Waals surface area contributed by atoms with Crippen LogP contribution in [-0.2, 0) is 20.8 Å². The van der Waals surface area contributed by atoms with E-state index >= 15 is 0 Å². The van der Waals surface area contributed by atoms with Gasteiger partial charge in [-0.1, -0.05) is 60.2 Å². The molecule has 0 unspecified atom stereocenters. The molecular formula is C34H40N4O6. The number of hydrogen-bond acceptors (Lipinski definition) is 6. The second kappa shape index (κ2) is 15.6. The molecule has 0 radical (unpaired) electrons. The minimum absolute atomic E-state index is 0.0324. The van der Waals surface area contributed by atoms with Gasteiger partial charge in [0.05, 0.1) is 18.7 Å². The monoisotopic (exact) mass is 600 g/mol. The maximum absolute atomic E-state index is 13.6. The van der Waals surface area contributed by atoms with E-state index in [9.17, 15) is 19.2 Å². The summed E-state index contributed by atoms with van der Waals surface area (Å²) in [5, 5.41) is 5.68. The highest BCUT2D eigenvalue weighted by Gasteiger charge is 2.29. The molecule has 1 aliphatic heterocycles. The Balaban J connectivity index is 1.52. The zero-order valence-corrected chi connectivity index (χ0v) is 25.5. The van der Waals surface area contributed by atoms with Crippen molar-refractivity contribution in [3.8, 4) is 11.5 Å². The van der Waals surface area contributed by atoms with Crippen LogP contribution in [0.4, 0.5) is 0 Å². The number of fused-ring (bicyclic) bond motifs is 1. The lowest BCUT2D eigenvalue weighted by Crippen LogP contribution is -2.50. The Kier molecular flexibility index (Phi) is 11.3. The average molecular weight is 601 g/mol. The lowest BCUT2D eigenvalue weighted by atomic mass is 10.0. The zero-order valence-electron chi connectivity index (χ0n) is 25.5. The summed E-state index contributed by atoms with van der Waals surface area (Å²) < 4.78 is 11.7. The van der Waals surface area contributed by atoms with Gasteiger partial charge in [0.25, 0.3) is 5.91 Å². The lowest BCUT2D eigenvalue weighted by molar-refractivity contribution is -0.136. The molecule has 0 saturated heterocycles. The summed E-state index contributed by atoms with van der Waals surface area (Å²) in [6.45, 7) is 2.88. The van der Waals surface area contributed by atoms with Crippen molar-refractivity contribution >= 4 is 23.6 Å². The van der Waals surface area contributed by atoms with Crippen molar-refractivity contribution < 1.29 is 28.7 Å². The van der Waals surface area contributed by atoms with Crippen LogP contribution in [0.3, 0.4) is 0 Å². The van der Waals surface area contributed by atoms with Crippen LogP contribution in [0.5, 0.6) is 11.5 Å². The molecule has 0 fully saturated rings. The molecule has 44 heavy (non-hydrogen) atoms. The molecule has 0 aromatic heterocycles. The Morgan fingerprint density at radius 2 is 1.68 bits per heavy atom. The Morgan fingerprint density at radius 1 is 0.977 bits per heavy atom. The van der Waals surface area contributed by atoms with Crippen LogP contribution >= 0.6 is 0 Å². The van der Waals surface area contributed by atoms with Gasteiger partial charge in [-0.2, -0.15) is 0 Å². The van der Waals surface area contributed by atoms with Crippen LogP contribution in [0.2, 0.25) is 0 Å². The number of nitrogens with zero attached hydrogens (tertiary/aromatic N) is 2. The van der Waals surface area contributed by atoms with Crippen molar-refractivity contribution in [2.45, 2.75) is 38.3 Å². The lowest BCUT2D eigenvalue weighted by Gasteiger charge is -2.26. The van der Waals surface area contributed by atoms with Crippen LogP contribution in [0.1, 0.15) is 34.3 Å². The summed E-state index contributed by atoms with van der Waals surface area (Å²) in [6, 6.07) is 22.0. The van der Waals surface area contributed by atoms with E-state index < -0.39 is 23.9 Å². The highest BCUT2D eigenvalue weighted by molar-refractivity contribution is 5.99. The third kappa shape index (κ3) is 9.07. The topological polar surface area (TPSA) is 117 Å². The molecule has 0 saturated carbocycles. The van der Waals surface area contributed by atoms with Crippen molar-refractivity contribution in [2.75, 3.05) is 40.4 Å². The number of rotatable bonds is 7. The zero-order chi connectivity index (χ0) is 31.5. The molecule has 1 heterocycles. The minimum Gasteiger partial charge on any atom is -0.492 e. The largest absolute Gasteiger partial charge is 0.492 e. The predicted octanol–water partition coefficient (Wildman–Crippen LogP) is 2.99. The van der Waals surface area contributed by atoms with Crippen molar-refractivity contribution in [3.63, 3.8) is 0 Å². The number of hydrogen-bond donors (Lipinski definition) is 2. The standard InChI is InChI=1S/C34H40N4O6/c1-24-13-15-26(16-14-24)43-21-19-37(2)33(41)28-17-18-31(39)35-29(23-25-9-5-4-6-10-25)34(42)38(3)20-22-44-30-12-8-7-11-27(30)32(40)36-28/h4-16,28-29H,17-23H2,1-3H3,(H,35,39)(H,36,40)/t28-,29+/m0/s1. The minimum atomic E-state index is -0.998. The van der Waals surface area contributed by atoms with Crippen molar-refractivity contribution in [3.05, 3.63) is 95.6 Å². The smallest absolute Gasteiger partial charge is 0.255 e. The highest BCUT2D eigenvalue weighted by Crippen LogP contribution is 2.19. The molecule has 2 N–H and O–H groups in total. The third-order valence-corrected chi connectivity index (χ3v) is 7.46. The molecule has 4 amide bonds. The van der Waals surface area contributed by atoms with E-state index in [0.29, 0.717) is 17.9 Å². The van der Waals surface area contributed by atoms with Crippen LogP contribution in [0, 0.1) is 6.92 Å². The van der Waals surface area contributed by atoms with E-state index in [-0.39, 0.29) is 56.5 Å². The Labute approximate surface area is 258 Å². The Morgan fingerprint density at radius 3 is 2.43 bits per heavy atom. The van der Waals surface area contributed by atoms with E-state index in [1.807, 2.05) is 61.5 Å². The summed E-state index contributed by atoms with van der Waals surface area (Å²) in [4.78, 5) is 56.6. The van der Waals surface area contributed by atoms with Gasteiger partial charge in [0, 0.05) is 26.9 Å². The van der Waals surface area contributed by atoms with E-state index in [0.717, 1.165) is 11.1 Å². The van der Waals surface area contributed by atoms with E-state index in [1.54, 1.807) is 38.4 Å². The highest BCUT2D eigenvalue weighted by atomic mass is 16.5. The van der Waals surface area contributed by atoms with Crippen LogP contribution in [0.15, 0.2) is 78.9 Å². The number of nitrogens with one attached hydrogen (secondary N) is 2. The first kappa shape index (κ1) is 32.1. The summed E-state index contributed by atoms with van der Waals surface area (Å²) in [5.74, 6) is -0.484. The molecule has 3 aromatic carbocycles. The summed E-state index contributed by atoms with van der Waals surface area (Å²) in [5.41, 5.74) is 2.27. The average Bonchev–Trinajstić information content (AvgIpc) is 3.03. The van der Waals surface area contributed by atoms with Gasteiger partial charge in [0.2, 0.25) is 17.7 Å². The molecule has 1 aliphatic rings. The van der Waals surface area contributed by atoms with Gasteiger partial charge in [-0.05, 0) is 43.2 Å². The van der Waals surface area contributed by atoms with Gasteiger partial charge >= 0.3 is 0 Å². The second-order valence-electron chi connectivity index (χ2n) is 10.9. The van der Waals surface area contributed by atoms with Crippen molar-refractivity contribution in [1.29, 1.82) is 0 Å². The number of ether oxygens (including phenoxy) is 2. The second-order valence-corrected chi connectivity index (χ2v) is 10.9. The number of likely N-dealkylation sites (N-methyl/N-ethyl adjacent to an activating group) is 2. The van der Waals surface area contributed by atoms with Crippen LogP contribution in [-0.4, -0.2) is 85.9 Å². The molecule has 3 aromatic rings. The van der Waals surface area contributed by atoms with E-state index in [1.165, 1.54) is 9.80 Å². The number of para-hydroxylation sites is 1. The molecule has 232 valence electrons. The van der Waals surface area contributed by atoms with Gasteiger partial charge in [-0.25, -0.2) is 0 Å². The molecule has 0 aliphatic carbocycles. The number of carbonyl (C=O) groups excluding carboxylic acids is 4. The fraction of sp³-hybridized carbons (Fsp3) is 0.353. The normalized spacial score (nSPS) is 18.1. The third-order valence-electron chi connectivity index (χ3n) is 7.46. The molecule has 0 bridgehead atoms. The maximum Gasteiger partial charge on any atom is 0.255 e. The summed E-state index contributed by atoms with van der Waals surface area (Å²) in [7, 11) is 3.28. The molecule has 0 spiro atoms. The van der Waals surface area contributed by atoms with Crippen LogP contribution < -0.4 is 20.1 Å². The van der Waals surface area contributed by atoms with Crippen molar-refractivity contribution in [2.24, 2.45) is 0 Å². The summed E-state index contributed by atoms with van der Waals surface area (Å²) in [6.07, 6.45) is 0.262. The van der Waals surface area contributed by atoms with E-state index in [4.69, 9.17) is 9.47 Å².